The first-order valence-corrected chi connectivity index (χ1v) is 10.2. The van der Waals surface area contributed by atoms with Crippen LogP contribution in [0.15, 0.2) is 51.5 Å². The molecule has 1 aliphatic rings. The number of hydrogen-bond donors (Lipinski definition) is 2. The van der Waals surface area contributed by atoms with Crippen molar-refractivity contribution in [1.82, 2.24) is 9.78 Å². The number of benzene rings is 1. The van der Waals surface area contributed by atoms with Crippen molar-refractivity contribution in [2.45, 2.75) is 6.67 Å². The van der Waals surface area contributed by atoms with E-state index in [0.717, 1.165) is 44.2 Å². The molecule has 1 fully saturated rings. The Morgan fingerprint density at radius 3 is 2.48 bits per heavy atom. The minimum absolute atomic E-state index is 0.381. The Labute approximate surface area is 174 Å². The van der Waals surface area contributed by atoms with Crippen molar-refractivity contribution in [1.29, 1.82) is 0 Å². The van der Waals surface area contributed by atoms with Crippen molar-refractivity contribution in [2.24, 2.45) is 0 Å². The van der Waals surface area contributed by atoms with Gasteiger partial charge in [-0.05, 0) is 48.6 Å². The van der Waals surface area contributed by atoms with Gasteiger partial charge in [0.2, 0.25) is 0 Å². The Bertz CT molecular complexity index is 944. The van der Waals surface area contributed by atoms with E-state index in [2.05, 4.69) is 5.10 Å². The zero-order valence-corrected chi connectivity index (χ0v) is 17.2. The topological polar surface area (TPSA) is 71.4 Å². The molecule has 9 heteroatoms. The second-order valence-electron chi connectivity index (χ2n) is 7.08. The number of aromatic nitrogens is 2. The van der Waals surface area contributed by atoms with Crippen LogP contribution >= 0.6 is 12.2 Å². The van der Waals surface area contributed by atoms with Crippen molar-refractivity contribution in [3.05, 3.63) is 47.5 Å². The first kappa shape index (κ1) is 19.7. The highest BCUT2D eigenvalue weighted by Gasteiger charge is 2.24. The largest absolute Gasteiger partial charge is 0.497 e. The molecule has 0 unspecified atom stereocenters. The third kappa shape index (κ3) is 5.06. The monoisotopic (exact) mass is 418 g/mol. The number of nitrogens with one attached hydrogen (secondary N) is 2. The fourth-order valence-electron chi connectivity index (χ4n) is 3.47. The maximum absolute atomic E-state index is 5.85. The lowest BCUT2D eigenvalue weighted by molar-refractivity contribution is -1.02. The Hall–Kier alpha value is -2.62. The fraction of sp³-hybridized carbons (Fsp3) is 0.400. The average Bonchev–Trinajstić information content (AvgIpc) is 3.40. The molecule has 3 heterocycles. The summed E-state index contributed by atoms with van der Waals surface area (Å²) < 4.78 is 23.7. The highest BCUT2D eigenvalue weighted by Crippen LogP contribution is 2.17. The fourth-order valence-corrected chi connectivity index (χ4v) is 3.65. The first-order chi connectivity index (χ1) is 14.2. The molecular weight excluding hydrogens is 392 g/mol. The van der Waals surface area contributed by atoms with E-state index in [1.165, 1.54) is 4.90 Å². The summed E-state index contributed by atoms with van der Waals surface area (Å²) in [5, 5.41) is 4.46. The van der Waals surface area contributed by atoms with Crippen LogP contribution in [0.5, 0.6) is 11.5 Å². The molecule has 0 aliphatic carbocycles. The molecule has 0 radical (unpaired) electrons. The molecule has 1 saturated heterocycles. The Morgan fingerprint density at radius 1 is 1.07 bits per heavy atom. The van der Waals surface area contributed by atoms with Gasteiger partial charge in [0.05, 0.1) is 13.4 Å². The summed E-state index contributed by atoms with van der Waals surface area (Å²) in [7, 11) is 1.66. The van der Waals surface area contributed by atoms with Gasteiger partial charge in [-0.25, -0.2) is 0 Å². The number of ether oxygens (including phenoxy) is 2. The summed E-state index contributed by atoms with van der Waals surface area (Å²) in [5.41, 5.74) is 0. The van der Waals surface area contributed by atoms with Gasteiger partial charge in [0.25, 0.3) is 10.7 Å². The molecule has 0 saturated carbocycles. The summed E-state index contributed by atoms with van der Waals surface area (Å²) in [6.45, 7) is 6.71. The molecule has 0 bridgehead atoms. The first-order valence-electron chi connectivity index (χ1n) is 9.77. The Balaban J connectivity index is 1.21. The third-order valence-corrected chi connectivity index (χ3v) is 5.45. The van der Waals surface area contributed by atoms with Gasteiger partial charge in [-0.3, -0.25) is 0 Å². The van der Waals surface area contributed by atoms with Crippen molar-refractivity contribution in [2.75, 3.05) is 46.4 Å². The molecule has 3 aromatic rings. The minimum Gasteiger partial charge on any atom is -0.497 e. The van der Waals surface area contributed by atoms with Gasteiger partial charge < -0.3 is 28.1 Å². The predicted octanol–water partition coefficient (Wildman–Crippen LogP) is 0.294. The van der Waals surface area contributed by atoms with Crippen LogP contribution in [-0.2, 0) is 6.67 Å². The number of methoxy groups -OCH3 is 1. The smallest absolute Gasteiger partial charge is 0.292 e. The molecule has 1 aliphatic heterocycles. The van der Waals surface area contributed by atoms with Gasteiger partial charge in [0.15, 0.2) is 12.4 Å². The summed E-state index contributed by atoms with van der Waals surface area (Å²) in [4.78, 5) is 3.38. The molecule has 4 rings (SSSR count). The van der Waals surface area contributed by atoms with Gasteiger partial charge >= 0.3 is 0 Å². The second kappa shape index (κ2) is 9.25. The van der Waals surface area contributed by atoms with E-state index in [-0.39, 0.29) is 0 Å². The van der Waals surface area contributed by atoms with Crippen LogP contribution in [0.3, 0.4) is 0 Å². The number of furan rings is 1. The van der Waals surface area contributed by atoms with Crippen LogP contribution in [0, 0.1) is 4.84 Å². The van der Waals surface area contributed by atoms with Crippen LogP contribution in [-0.4, -0.2) is 56.2 Å². The Kier molecular flexibility index (Phi) is 6.28. The van der Waals surface area contributed by atoms with Gasteiger partial charge in [0, 0.05) is 0 Å². The summed E-state index contributed by atoms with van der Waals surface area (Å²) in [5.74, 6) is 2.74. The second-order valence-corrected chi connectivity index (χ2v) is 7.43. The Morgan fingerprint density at radius 2 is 1.79 bits per heavy atom. The third-order valence-electron chi connectivity index (χ3n) is 5.16. The van der Waals surface area contributed by atoms with Crippen LogP contribution in [0.4, 0.5) is 0 Å². The maximum Gasteiger partial charge on any atom is 0.292 e. The predicted molar refractivity (Wildman–Crippen MR) is 108 cm³/mol. The van der Waals surface area contributed by atoms with E-state index < -0.39 is 0 Å². The van der Waals surface area contributed by atoms with E-state index in [1.807, 2.05) is 30.3 Å². The van der Waals surface area contributed by atoms with Crippen LogP contribution in [0.25, 0.3) is 11.7 Å². The maximum atomic E-state index is 5.85. The normalized spacial score (nSPS) is 19.2. The number of rotatable bonds is 8. The van der Waals surface area contributed by atoms with Crippen molar-refractivity contribution in [3.63, 3.8) is 0 Å². The van der Waals surface area contributed by atoms with E-state index in [0.29, 0.717) is 29.8 Å². The van der Waals surface area contributed by atoms with Crippen LogP contribution in [0.1, 0.15) is 0 Å². The number of piperazine rings is 1. The van der Waals surface area contributed by atoms with Gasteiger partial charge in [-0.1, -0.05) is 0 Å². The molecule has 2 aromatic heterocycles. The minimum atomic E-state index is 0.381. The molecular formula is C20H26N4O4S+2. The average molecular weight is 419 g/mol. The van der Waals surface area contributed by atoms with E-state index in [1.54, 1.807) is 29.0 Å². The van der Waals surface area contributed by atoms with Gasteiger partial charge in [-0.15, -0.1) is 5.10 Å². The van der Waals surface area contributed by atoms with Crippen LogP contribution in [0.2, 0.25) is 0 Å². The van der Waals surface area contributed by atoms with Crippen molar-refractivity contribution < 1.29 is 28.1 Å². The zero-order valence-electron chi connectivity index (χ0n) is 16.4. The standard InChI is InChI=1S/C20H24N4O4S/c1-25-16-4-6-17(7-5-16)26-14-12-22-8-10-23(11-9-22)15-24-20(29)28-19(21-24)18-3-2-13-27-18/h2-7,13H,8-12,14-15H2,1H3/p+2. The lowest BCUT2D eigenvalue weighted by atomic mass is 10.3. The van der Waals surface area contributed by atoms with Gasteiger partial charge in [0.1, 0.15) is 50.8 Å². The molecule has 8 nitrogen and oxygen atoms in total. The lowest BCUT2D eigenvalue weighted by Crippen LogP contribution is -3.28. The molecule has 2 N–H and O–H groups in total. The zero-order chi connectivity index (χ0) is 20.1. The van der Waals surface area contributed by atoms with Crippen LogP contribution < -0.4 is 19.3 Å². The molecule has 154 valence electrons. The summed E-state index contributed by atoms with van der Waals surface area (Å²) in [6.07, 6.45) is 1.60. The highest BCUT2D eigenvalue weighted by molar-refractivity contribution is 7.71. The summed E-state index contributed by atoms with van der Waals surface area (Å²) >= 11 is 5.31. The number of hydrogen-bond acceptors (Lipinski definition) is 6. The van der Waals surface area contributed by atoms with E-state index in [9.17, 15) is 0 Å². The number of quaternary nitrogens is 2. The molecule has 1 aromatic carbocycles. The van der Waals surface area contributed by atoms with Crippen molar-refractivity contribution >= 4 is 12.2 Å². The SMILES string of the molecule is COc1ccc(OCC[NH+]2CC[NH+](Cn3nc(-c4ccco4)oc3=S)CC2)cc1. The summed E-state index contributed by atoms with van der Waals surface area (Å²) in [6, 6.07) is 11.3. The van der Waals surface area contributed by atoms with Crippen molar-refractivity contribution in [3.8, 4) is 23.1 Å². The highest BCUT2D eigenvalue weighted by atomic mass is 32.1. The molecule has 0 atom stereocenters. The lowest BCUT2D eigenvalue weighted by Gasteiger charge is -2.29. The van der Waals surface area contributed by atoms with E-state index >= 15 is 0 Å². The number of nitrogens with zero attached hydrogens (tertiary/aromatic N) is 2. The molecule has 0 spiro atoms. The molecule has 29 heavy (non-hydrogen) atoms. The molecule has 0 amide bonds. The quantitative estimate of drug-likeness (QED) is 0.513. The van der Waals surface area contributed by atoms with Gasteiger partial charge in [-0.2, -0.15) is 4.68 Å². The van der Waals surface area contributed by atoms with E-state index in [4.69, 9.17) is 30.5 Å².